The Kier molecular flexibility index (Phi) is 5.71. The maximum atomic E-state index is 11.6. The van der Waals surface area contributed by atoms with Gasteiger partial charge in [0.25, 0.3) is 0 Å². The number of carboxylic acids is 1. The molecule has 6 rings (SSSR count). The Bertz CT molecular complexity index is 1510. The topological polar surface area (TPSA) is 46.8 Å². The Labute approximate surface area is 225 Å². The van der Waals surface area contributed by atoms with Gasteiger partial charge in [0.15, 0.2) is 12.3 Å². The van der Waals surface area contributed by atoms with E-state index in [1.807, 2.05) is 12.1 Å². The first-order valence-electron chi connectivity index (χ1n) is 13.7. The van der Waals surface area contributed by atoms with Crippen LogP contribution in [-0.2, 0) is 5.41 Å². The molecule has 0 fully saturated rings. The van der Waals surface area contributed by atoms with Crippen molar-refractivity contribution in [3.8, 4) is 0 Å². The van der Waals surface area contributed by atoms with Crippen LogP contribution in [0.25, 0.3) is 6.08 Å². The summed E-state index contributed by atoms with van der Waals surface area (Å²) in [6, 6.07) is 21.2. The van der Waals surface area contributed by atoms with E-state index in [0.717, 1.165) is 31.7 Å². The zero-order valence-corrected chi connectivity index (χ0v) is 23.0. The van der Waals surface area contributed by atoms with Gasteiger partial charge in [0.2, 0.25) is 5.69 Å². The number of benzene rings is 3. The van der Waals surface area contributed by atoms with Crippen LogP contribution < -0.4 is 9.80 Å². The Hall–Kier alpha value is -3.86. The third kappa shape index (κ3) is 3.59. The van der Waals surface area contributed by atoms with Crippen molar-refractivity contribution in [1.82, 2.24) is 0 Å². The number of carboxylic acid groups (broad SMARTS) is 1. The number of carbonyl (C=O) groups is 1. The molecule has 3 aromatic carbocycles. The highest BCUT2D eigenvalue weighted by atomic mass is 16.4. The molecule has 1 atom stereocenters. The molecule has 1 unspecified atom stereocenters. The van der Waals surface area contributed by atoms with Crippen molar-refractivity contribution in [2.75, 3.05) is 29.4 Å². The minimum Gasteiger partial charge on any atom is -0.478 e. The quantitative estimate of drug-likeness (QED) is 0.382. The van der Waals surface area contributed by atoms with Crippen molar-refractivity contribution in [1.29, 1.82) is 0 Å². The van der Waals surface area contributed by atoms with Crippen LogP contribution in [0, 0.1) is 6.92 Å². The number of anilines is 3. The van der Waals surface area contributed by atoms with Crippen LogP contribution >= 0.6 is 0 Å². The van der Waals surface area contributed by atoms with E-state index in [9.17, 15) is 9.90 Å². The van der Waals surface area contributed by atoms with Gasteiger partial charge in [-0.15, -0.1) is 0 Å². The van der Waals surface area contributed by atoms with Crippen LogP contribution in [0.15, 0.2) is 66.2 Å². The first kappa shape index (κ1) is 24.5. The number of nitrogens with zero attached hydrogens (tertiary/aromatic N) is 3. The monoisotopic (exact) mass is 506 g/mol. The summed E-state index contributed by atoms with van der Waals surface area (Å²) in [6.07, 6.45) is 3.39. The predicted molar refractivity (Wildman–Crippen MR) is 156 cm³/mol. The zero-order chi connectivity index (χ0) is 26.8. The van der Waals surface area contributed by atoms with Gasteiger partial charge in [0.1, 0.15) is 0 Å². The molecule has 0 bridgehead atoms. The fraction of sp³-hybridized carbons (Fsp3) is 0.333. The molecule has 194 valence electrons. The van der Waals surface area contributed by atoms with Crippen molar-refractivity contribution in [3.63, 3.8) is 0 Å². The van der Waals surface area contributed by atoms with E-state index in [0.29, 0.717) is 5.56 Å². The van der Waals surface area contributed by atoms with Gasteiger partial charge in [-0.3, -0.25) is 0 Å². The van der Waals surface area contributed by atoms with Gasteiger partial charge in [0.05, 0.1) is 22.7 Å². The summed E-state index contributed by atoms with van der Waals surface area (Å²) in [7, 11) is 0. The summed E-state index contributed by atoms with van der Waals surface area (Å²) in [6.45, 7) is 14.1. The van der Waals surface area contributed by atoms with Gasteiger partial charge in [-0.05, 0) is 88.7 Å². The molecule has 0 amide bonds. The normalized spacial score (nSPS) is 18.8. The minimum atomic E-state index is -0.898. The molecule has 3 aromatic rings. The summed E-state index contributed by atoms with van der Waals surface area (Å²) >= 11 is 0. The molecular weight excluding hydrogens is 470 g/mol. The fourth-order valence-corrected chi connectivity index (χ4v) is 6.78. The molecule has 5 heteroatoms. The predicted octanol–water partition coefficient (Wildman–Crippen LogP) is 6.92. The summed E-state index contributed by atoms with van der Waals surface area (Å²) in [4.78, 5) is 16.4. The van der Waals surface area contributed by atoms with Gasteiger partial charge in [-0.2, -0.15) is 4.58 Å². The molecule has 0 aliphatic carbocycles. The number of aryl methyl sites for hydroxylation is 1. The lowest BCUT2D eigenvalue weighted by Crippen LogP contribution is -2.47. The van der Waals surface area contributed by atoms with E-state index in [-0.39, 0.29) is 11.5 Å². The van der Waals surface area contributed by atoms with E-state index < -0.39 is 5.97 Å². The lowest BCUT2D eigenvalue weighted by atomic mass is 9.74. The van der Waals surface area contributed by atoms with Gasteiger partial charge < -0.3 is 14.9 Å². The van der Waals surface area contributed by atoms with Crippen molar-refractivity contribution in [3.05, 3.63) is 88.5 Å². The van der Waals surface area contributed by atoms with Gasteiger partial charge in [-0.1, -0.05) is 17.7 Å². The highest BCUT2D eigenvalue weighted by Crippen LogP contribution is 2.50. The Morgan fingerprint density at radius 3 is 2.47 bits per heavy atom. The number of hydrogen-bond acceptors (Lipinski definition) is 3. The van der Waals surface area contributed by atoms with Crippen molar-refractivity contribution in [2.24, 2.45) is 0 Å². The van der Waals surface area contributed by atoms with Gasteiger partial charge >= 0.3 is 5.97 Å². The van der Waals surface area contributed by atoms with Crippen molar-refractivity contribution in [2.45, 2.75) is 52.5 Å². The molecule has 0 saturated heterocycles. The first-order chi connectivity index (χ1) is 18.2. The van der Waals surface area contributed by atoms with Gasteiger partial charge in [-0.25, -0.2) is 4.79 Å². The average Bonchev–Trinajstić information content (AvgIpc) is 3.14. The molecular formula is C33H36N3O2+. The van der Waals surface area contributed by atoms with E-state index in [1.54, 1.807) is 12.1 Å². The summed E-state index contributed by atoms with van der Waals surface area (Å²) in [5, 5.41) is 9.51. The second-order valence-corrected chi connectivity index (χ2v) is 11.2. The largest absolute Gasteiger partial charge is 0.478 e. The van der Waals surface area contributed by atoms with Crippen LogP contribution in [0.5, 0.6) is 0 Å². The van der Waals surface area contributed by atoms with E-state index in [2.05, 4.69) is 91.5 Å². The Morgan fingerprint density at radius 1 is 1.05 bits per heavy atom. The molecule has 3 heterocycles. The smallest absolute Gasteiger partial charge is 0.335 e. The van der Waals surface area contributed by atoms with Crippen LogP contribution in [0.2, 0.25) is 0 Å². The number of hydrogen-bond donors (Lipinski definition) is 1. The first-order valence-corrected chi connectivity index (χ1v) is 13.7. The van der Waals surface area contributed by atoms with Gasteiger partial charge in [0, 0.05) is 48.1 Å². The number of aromatic carboxylic acids is 1. The highest BCUT2D eigenvalue weighted by molar-refractivity contribution is 6.13. The average molecular weight is 507 g/mol. The molecule has 0 aromatic heterocycles. The molecule has 0 spiro atoms. The molecule has 38 heavy (non-hydrogen) atoms. The molecule has 3 aliphatic rings. The summed E-state index contributed by atoms with van der Waals surface area (Å²) in [5.74, 6) is -0.898. The zero-order valence-electron chi connectivity index (χ0n) is 23.0. The minimum absolute atomic E-state index is 0.108. The second kappa shape index (κ2) is 8.87. The maximum absolute atomic E-state index is 11.6. The Morgan fingerprint density at radius 2 is 1.79 bits per heavy atom. The third-order valence-corrected chi connectivity index (χ3v) is 8.65. The molecule has 0 saturated carbocycles. The maximum Gasteiger partial charge on any atom is 0.335 e. The van der Waals surface area contributed by atoms with E-state index in [4.69, 9.17) is 0 Å². The van der Waals surface area contributed by atoms with Crippen LogP contribution in [0.3, 0.4) is 0 Å². The second-order valence-electron chi connectivity index (χ2n) is 11.2. The van der Waals surface area contributed by atoms with Crippen molar-refractivity contribution < 1.29 is 14.5 Å². The lowest BCUT2D eigenvalue weighted by Gasteiger charge is -2.42. The molecule has 1 N–H and O–H groups in total. The summed E-state index contributed by atoms with van der Waals surface area (Å²) in [5.41, 5.74) is 11.6. The molecule has 0 radical (unpaired) electrons. The highest BCUT2D eigenvalue weighted by Gasteiger charge is 2.52. The Balaban J connectivity index is 1.55. The van der Waals surface area contributed by atoms with Crippen LogP contribution in [0.4, 0.5) is 22.7 Å². The summed E-state index contributed by atoms with van der Waals surface area (Å²) < 4.78 is 2.54. The standard InChI is InChI=1S/C33H35N3O2/c1-6-34(7-2)25-14-11-23-19-26-28(36(30(23)20-25)24-12-9-22(10-13-24)32(37)38)16-17-35-29-15-8-21(3)18-27(29)33(4,5)31(26)35/h8-15,18-20,28H,6-7,16-17H2,1-5H3/p+1. The third-order valence-electron chi connectivity index (χ3n) is 8.65. The van der Waals surface area contributed by atoms with E-state index in [1.165, 1.54) is 45.0 Å². The fourth-order valence-electron chi connectivity index (χ4n) is 6.78. The van der Waals surface area contributed by atoms with E-state index >= 15 is 0 Å². The SMILES string of the molecule is CCN(CC)c1ccc2c(c1)N(c1ccc(C(=O)O)cc1)C1CC[N+]3=C(C1=C2)C(C)(C)c1cc(C)ccc13. The van der Waals surface area contributed by atoms with Crippen molar-refractivity contribution >= 4 is 40.5 Å². The van der Waals surface area contributed by atoms with Crippen LogP contribution in [0.1, 0.15) is 61.2 Å². The van der Waals surface area contributed by atoms with Crippen LogP contribution in [-0.4, -0.2) is 47.0 Å². The molecule has 3 aliphatic heterocycles. The molecule has 5 nitrogen and oxygen atoms in total. The lowest BCUT2D eigenvalue weighted by molar-refractivity contribution is -0.442. The number of rotatable bonds is 5. The number of fused-ring (bicyclic) bond motifs is 5.